The number of hydrogen-bond acceptors (Lipinski definition) is 6. The average molecular weight is 656 g/mol. The molecule has 1 heterocycles. The van der Waals surface area contributed by atoms with Crippen LogP contribution in [-0.2, 0) is 35.3 Å². The van der Waals surface area contributed by atoms with Crippen LogP contribution in [0.1, 0.15) is 81.3 Å². The van der Waals surface area contributed by atoms with Crippen molar-refractivity contribution in [3.8, 4) is 0 Å². The quantitative estimate of drug-likeness (QED) is 0.241. The molecule has 3 fully saturated rings. The summed E-state index contributed by atoms with van der Waals surface area (Å²) >= 11 is 3.28. The van der Waals surface area contributed by atoms with E-state index in [2.05, 4.69) is 83.5 Å². The summed E-state index contributed by atoms with van der Waals surface area (Å²) in [6.07, 6.45) is 5.95. The van der Waals surface area contributed by atoms with E-state index < -0.39 is 15.6 Å². The summed E-state index contributed by atoms with van der Waals surface area (Å²) in [7, 11) is -3.21. The Morgan fingerprint density at radius 2 is 1.43 bits per heavy atom. The van der Waals surface area contributed by atoms with Crippen LogP contribution in [0.4, 0.5) is 0 Å². The minimum atomic E-state index is -3.21. The second-order valence-corrected chi connectivity index (χ2v) is 14.5. The zero-order valence-corrected chi connectivity index (χ0v) is 26.6. The van der Waals surface area contributed by atoms with Gasteiger partial charge in [-0.1, -0.05) is 73.7 Å². The maximum Gasteiger partial charge on any atom is 0.310 e. The van der Waals surface area contributed by atoms with Crippen LogP contribution in [-0.4, -0.2) is 32.0 Å². The first kappa shape index (κ1) is 30.9. The van der Waals surface area contributed by atoms with Gasteiger partial charge in [-0.15, -0.1) is 0 Å². The number of hydrogen-bond donors (Lipinski definition) is 0. The molecule has 0 amide bonds. The highest BCUT2D eigenvalue weighted by molar-refractivity contribution is 9.10. The smallest absolute Gasteiger partial charge is 0.310 e. The summed E-state index contributed by atoms with van der Waals surface area (Å²) in [4.78, 5) is 11.7. The number of halogens is 1. The topological polar surface area (TPSA) is 78.9 Å². The fourth-order valence-corrected chi connectivity index (χ4v) is 8.45. The van der Waals surface area contributed by atoms with Gasteiger partial charge in [-0.25, -0.2) is 8.42 Å². The molecule has 2 saturated carbocycles. The van der Waals surface area contributed by atoms with Gasteiger partial charge < -0.3 is 14.2 Å². The summed E-state index contributed by atoms with van der Waals surface area (Å²) in [6.45, 7) is 4.42. The van der Waals surface area contributed by atoms with Gasteiger partial charge >= 0.3 is 5.97 Å². The van der Waals surface area contributed by atoms with Crippen LogP contribution in [0.25, 0.3) is 0 Å². The summed E-state index contributed by atoms with van der Waals surface area (Å²) < 4.78 is 42.8. The summed E-state index contributed by atoms with van der Waals surface area (Å²) in [5, 5.41) is -0.236. The Morgan fingerprint density at radius 3 is 1.90 bits per heavy atom. The molecule has 6 rings (SSSR count). The number of benzene rings is 3. The monoisotopic (exact) mass is 654 g/mol. The first-order valence-corrected chi connectivity index (χ1v) is 17.2. The molecular formula is C34H39BrO6S. The van der Waals surface area contributed by atoms with Crippen molar-refractivity contribution in [3.63, 3.8) is 0 Å². The number of sulfone groups is 1. The normalized spacial score (nSPS) is 21.9. The van der Waals surface area contributed by atoms with Gasteiger partial charge in [0.25, 0.3) is 0 Å². The fourth-order valence-electron chi connectivity index (χ4n) is 5.64. The van der Waals surface area contributed by atoms with E-state index in [0.717, 1.165) is 37.2 Å². The maximum atomic E-state index is 12.1. The first-order chi connectivity index (χ1) is 20.2. The minimum Gasteiger partial charge on any atom is -0.466 e. The highest BCUT2D eigenvalue weighted by Crippen LogP contribution is 2.52. The van der Waals surface area contributed by atoms with E-state index in [1.54, 1.807) is 25.1 Å². The maximum absolute atomic E-state index is 12.1. The highest BCUT2D eigenvalue weighted by atomic mass is 79.9. The molecule has 1 saturated heterocycles. The van der Waals surface area contributed by atoms with Crippen molar-refractivity contribution < 1.29 is 27.4 Å². The zero-order valence-electron chi connectivity index (χ0n) is 24.2. The second kappa shape index (κ2) is 13.4. The number of carbonyl (C=O) groups is 1. The molecule has 42 heavy (non-hydrogen) atoms. The summed E-state index contributed by atoms with van der Waals surface area (Å²) in [5.74, 6) is 0.0686. The Morgan fingerprint density at radius 1 is 0.881 bits per heavy atom. The average Bonchev–Trinajstić information content (AvgIpc) is 3.79. The summed E-state index contributed by atoms with van der Waals surface area (Å²) in [5.41, 5.74) is 3.15. The van der Waals surface area contributed by atoms with Gasteiger partial charge in [0.2, 0.25) is 0 Å². The van der Waals surface area contributed by atoms with Crippen molar-refractivity contribution in [2.45, 2.75) is 86.9 Å². The Bertz CT molecular complexity index is 1400. The van der Waals surface area contributed by atoms with Crippen molar-refractivity contribution in [3.05, 3.63) is 100 Å². The van der Waals surface area contributed by atoms with Crippen molar-refractivity contribution >= 4 is 31.7 Å². The third-order valence-electron chi connectivity index (χ3n) is 8.17. The molecular weight excluding hydrogens is 616 g/mol. The first-order valence-electron chi connectivity index (χ1n) is 14.8. The predicted octanol–water partition coefficient (Wildman–Crippen LogP) is 7.91. The molecule has 3 aromatic rings. The lowest BCUT2D eigenvalue weighted by Crippen LogP contribution is -2.34. The van der Waals surface area contributed by atoms with Gasteiger partial charge in [-0.2, -0.15) is 0 Å². The minimum absolute atomic E-state index is 0.0213. The molecule has 6 nitrogen and oxygen atoms in total. The fraction of sp³-hybridized carbons (Fsp3) is 0.441. The van der Waals surface area contributed by atoms with E-state index in [9.17, 15) is 13.2 Å². The third-order valence-corrected chi connectivity index (χ3v) is 11.4. The van der Waals surface area contributed by atoms with Crippen LogP contribution in [0.15, 0.2) is 88.2 Å². The summed E-state index contributed by atoms with van der Waals surface area (Å²) in [6, 6.07) is 25.9. The molecule has 3 aliphatic rings. The molecule has 0 radical (unpaired) electrons. The Kier molecular flexibility index (Phi) is 9.88. The predicted molar refractivity (Wildman–Crippen MR) is 166 cm³/mol. The Balaban J connectivity index is 0.000000172. The molecule has 0 aromatic heterocycles. The van der Waals surface area contributed by atoms with Crippen LogP contribution in [0.2, 0.25) is 0 Å². The number of carbonyl (C=O) groups excluding carboxylic acids is 1. The van der Waals surface area contributed by atoms with E-state index in [1.807, 2.05) is 0 Å². The van der Waals surface area contributed by atoms with E-state index in [0.29, 0.717) is 16.0 Å². The van der Waals surface area contributed by atoms with Crippen LogP contribution in [0.3, 0.4) is 0 Å². The van der Waals surface area contributed by atoms with Gasteiger partial charge in [0.1, 0.15) is 12.2 Å². The molecule has 0 unspecified atom stereocenters. The molecule has 0 N–H and O–H groups in total. The van der Waals surface area contributed by atoms with Crippen LogP contribution in [0, 0.1) is 5.92 Å². The second-order valence-electron chi connectivity index (χ2n) is 11.5. The van der Waals surface area contributed by atoms with Gasteiger partial charge in [0, 0.05) is 17.3 Å². The lowest BCUT2D eigenvalue weighted by atomic mass is 9.86. The molecule has 2 atom stereocenters. The van der Waals surface area contributed by atoms with Gasteiger partial charge in [-0.05, 0) is 83.3 Å². The molecule has 1 aliphatic heterocycles. The van der Waals surface area contributed by atoms with E-state index in [4.69, 9.17) is 14.2 Å². The SMILES string of the molecule is CC1CCC2(CC1)O[C@@H](c1ccccc1)[C@H](c1ccccc1)O2.CCOC(=O)Cc1ccc(S(=O)(=O)C2CC2)c(Br)c1. The Labute approximate surface area is 257 Å². The molecule has 3 aromatic carbocycles. The lowest BCUT2D eigenvalue weighted by Gasteiger charge is -2.34. The molecule has 2 aliphatic carbocycles. The number of rotatable bonds is 7. The Hall–Kier alpha value is -2.52. The number of esters is 1. The third kappa shape index (κ3) is 7.33. The van der Waals surface area contributed by atoms with Crippen LogP contribution >= 0.6 is 15.9 Å². The van der Waals surface area contributed by atoms with Crippen LogP contribution in [0.5, 0.6) is 0 Å². The largest absolute Gasteiger partial charge is 0.466 e. The van der Waals surface area contributed by atoms with Gasteiger partial charge in [-0.3, -0.25) is 4.79 Å². The van der Waals surface area contributed by atoms with Gasteiger partial charge in [0.15, 0.2) is 15.6 Å². The van der Waals surface area contributed by atoms with E-state index in [1.165, 1.54) is 24.0 Å². The molecule has 0 bridgehead atoms. The van der Waals surface area contributed by atoms with Crippen molar-refractivity contribution in [2.24, 2.45) is 5.92 Å². The van der Waals surface area contributed by atoms with Crippen molar-refractivity contribution in [1.82, 2.24) is 0 Å². The molecule has 224 valence electrons. The number of ether oxygens (including phenoxy) is 3. The van der Waals surface area contributed by atoms with E-state index >= 15 is 0 Å². The highest BCUT2D eigenvalue weighted by Gasteiger charge is 2.49. The van der Waals surface area contributed by atoms with E-state index in [-0.39, 0.29) is 29.8 Å². The molecule has 8 heteroatoms. The lowest BCUT2D eigenvalue weighted by molar-refractivity contribution is -0.199. The molecule has 1 spiro atoms. The van der Waals surface area contributed by atoms with Crippen LogP contribution < -0.4 is 0 Å². The van der Waals surface area contributed by atoms with Gasteiger partial charge in [0.05, 0.1) is 23.2 Å². The van der Waals surface area contributed by atoms with Crippen molar-refractivity contribution in [1.29, 1.82) is 0 Å². The van der Waals surface area contributed by atoms with Crippen molar-refractivity contribution in [2.75, 3.05) is 6.61 Å². The standard InChI is InChI=1S/C21H24O2.C13H15BrO4S/c1-16-12-14-21(15-13-16)22-19(17-8-4-2-5-9-17)20(23-21)18-10-6-3-7-11-18;1-2-18-13(15)8-9-3-6-12(11(14)7-9)19(16,17)10-4-5-10/h2-11,16,19-20H,12-15H2,1H3;3,6-7,10H,2,4-5,8H2,1H3/t19-,20-;/m0./s1. The zero-order chi connectivity index (χ0) is 29.7.